The Bertz CT molecular complexity index is 930. The molecular formula is C16H18N4O2S. The molecule has 6 nitrogen and oxygen atoms in total. The molecule has 0 unspecified atom stereocenters. The van der Waals surface area contributed by atoms with E-state index in [2.05, 4.69) is 21.8 Å². The second-order valence-electron chi connectivity index (χ2n) is 5.39. The SMILES string of the molecule is CCCc1ccc(S(=O)(=O)Nc2ccc3nn(C)nc3c2)cc1. The highest BCUT2D eigenvalue weighted by Crippen LogP contribution is 2.20. The van der Waals surface area contributed by atoms with Gasteiger partial charge in [-0.05, 0) is 42.3 Å². The third-order valence-electron chi connectivity index (χ3n) is 3.50. The number of sulfonamides is 1. The molecule has 0 fully saturated rings. The average molecular weight is 330 g/mol. The quantitative estimate of drug-likeness (QED) is 0.780. The van der Waals surface area contributed by atoms with Crippen LogP contribution in [0.4, 0.5) is 5.69 Å². The zero-order valence-electron chi connectivity index (χ0n) is 13.0. The van der Waals surface area contributed by atoms with E-state index in [-0.39, 0.29) is 4.90 Å². The van der Waals surface area contributed by atoms with Crippen molar-refractivity contribution in [1.29, 1.82) is 0 Å². The molecule has 0 bridgehead atoms. The summed E-state index contributed by atoms with van der Waals surface area (Å²) in [5, 5.41) is 8.34. The molecule has 0 radical (unpaired) electrons. The van der Waals surface area contributed by atoms with E-state index in [0.717, 1.165) is 23.9 Å². The maximum absolute atomic E-state index is 12.5. The van der Waals surface area contributed by atoms with Gasteiger partial charge in [0.05, 0.1) is 10.6 Å². The lowest BCUT2D eigenvalue weighted by Gasteiger charge is -2.08. The van der Waals surface area contributed by atoms with Crippen molar-refractivity contribution in [3.8, 4) is 0 Å². The first-order valence-electron chi connectivity index (χ1n) is 7.41. The topological polar surface area (TPSA) is 76.9 Å². The number of fused-ring (bicyclic) bond motifs is 1. The van der Waals surface area contributed by atoms with Gasteiger partial charge in [-0.1, -0.05) is 25.5 Å². The zero-order chi connectivity index (χ0) is 16.4. The Balaban J connectivity index is 1.86. The van der Waals surface area contributed by atoms with Crippen molar-refractivity contribution in [2.45, 2.75) is 24.7 Å². The van der Waals surface area contributed by atoms with Crippen LogP contribution in [-0.4, -0.2) is 23.4 Å². The van der Waals surface area contributed by atoms with Crippen molar-refractivity contribution < 1.29 is 8.42 Å². The summed E-state index contributed by atoms with van der Waals surface area (Å²) < 4.78 is 27.5. The fraction of sp³-hybridized carbons (Fsp3) is 0.250. The summed E-state index contributed by atoms with van der Waals surface area (Å²) >= 11 is 0. The molecule has 3 rings (SSSR count). The third-order valence-corrected chi connectivity index (χ3v) is 4.90. The lowest BCUT2D eigenvalue weighted by atomic mass is 10.1. The minimum atomic E-state index is -3.61. The van der Waals surface area contributed by atoms with Gasteiger partial charge in [-0.2, -0.15) is 15.0 Å². The highest BCUT2D eigenvalue weighted by Gasteiger charge is 2.14. The maximum atomic E-state index is 12.5. The van der Waals surface area contributed by atoms with E-state index in [9.17, 15) is 8.42 Å². The van der Waals surface area contributed by atoms with Crippen molar-refractivity contribution in [3.63, 3.8) is 0 Å². The van der Waals surface area contributed by atoms with E-state index < -0.39 is 10.0 Å². The van der Waals surface area contributed by atoms with Crippen LogP contribution >= 0.6 is 0 Å². The smallest absolute Gasteiger partial charge is 0.261 e. The molecule has 0 amide bonds. The molecule has 7 heteroatoms. The number of nitrogens with one attached hydrogen (secondary N) is 1. The lowest BCUT2D eigenvalue weighted by molar-refractivity contribution is 0.601. The van der Waals surface area contributed by atoms with Gasteiger partial charge in [-0.25, -0.2) is 8.42 Å². The number of nitrogens with zero attached hydrogens (tertiary/aromatic N) is 3. The molecule has 0 aliphatic carbocycles. The summed E-state index contributed by atoms with van der Waals surface area (Å²) in [5.74, 6) is 0. The van der Waals surface area contributed by atoms with Crippen LogP contribution in [0, 0.1) is 0 Å². The Morgan fingerprint density at radius 2 is 1.74 bits per heavy atom. The van der Waals surface area contributed by atoms with E-state index in [4.69, 9.17) is 0 Å². The molecule has 120 valence electrons. The number of hydrogen-bond acceptors (Lipinski definition) is 4. The number of aromatic nitrogens is 3. The Morgan fingerprint density at radius 3 is 2.43 bits per heavy atom. The van der Waals surface area contributed by atoms with Crippen molar-refractivity contribution in [2.24, 2.45) is 7.05 Å². The molecule has 0 aliphatic rings. The van der Waals surface area contributed by atoms with E-state index in [0.29, 0.717) is 11.2 Å². The minimum absolute atomic E-state index is 0.247. The van der Waals surface area contributed by atoms with E-state index in [1.165, 1.54) is 4.80 Å². The van der Waals surface area contributed by atoms with E-state index in [1.807, 2.05) is 12.1 Å². The first-order valence-corrected chi connectivity index (χ1v) is 8.89. The van der Waals surface area contributed by atoms with Crippen molar-refractivity contribution in [1.82, 2.24) is 15.0 Å². The van der Waals surface area contributed by atoms with Crippen LogP contribution in [0.1, 0.15) is 18.9 Å². The van der Waals surface area contributed by atoms with Crippen LogP contribution in [0.15, 0.2) is 47.4 Å². The molecular weight excluding hydrogens is 312 g/mol. The van der Waals surface area contributed by atoms with Crippen LogP contribution in [0.5, 0.6) is 0 Å². The van der Waals surface area contributed by atoms with Gasteiger partial charge in [-0.15, -0.1) is 0 Å². The molecule has 0 spiro atoms. The van der Waals surface area contributed by atoms with Crippen molar-refractivity contribution in [2.75, 3.05) is 4.72 Å². The number of hydrogen-bond donors (Lipinski definition) is 1. The Kier molecular flexibility index (Phi) is 4.04. The van der Waals surface area contributed by atoms with E-state index >= 15 is 0 Å². The molecule has 0 saturated heterocycles. The fourth-order valence-corrected chi connectivity index (χ4v) is 3.47. The van der Waals surface area contributed by atoms with Crippen LogP contribution in [0.3, 0.4) is 0 Å². The normalized spacial score (nSPS) is 11.7. The van der Waals surface area contributed by atoms with Crippen molar-refractivity contribution >= 4 is 26.7 Å². The number of anilines is 1. The highest BCUT2D eigenvalue weighted by atomic mass is 32.2. The molecule has 1 N–H and O–H groups in total. The lowest BCUT2D eigenvalue weighted by Crippen LogP contribution is -2.12. The second kappa shape index (κ2) is 6.00. The van der Waals surface area contributed by atoms with Crippen LogP contribution < -0.4 is 4.72 Å². The number of rotatable bonds is 5. The average Bonchev–Trinajstić information content (AvgIpc) is 2.87. The van der Waals surface area contributed by atoms with Gasteiger partial charge in [0.25, 0.3) is 10.0 Å². The van der Waals surface area contributed by atoms with Gasteiger partial charge in [0, 0.05) is 7.05 Å². The minimum Gasteiger partial charge on any atom is -0.280 e. The van der Waals surface area contributed by atoms with Gasteiger partial charge in [-0.3, -0.25) is 4.72 Å². The Hall–Kier alpha value is -2.41. The predicted octanol–water partition coefficient (Wildman–Crippen LogP) is 2.72. The van der Waals surface area contributed by atoms with Gasteiger partial charge in [0.15, 0.2) is 0 Å². The molecule has 0 aliphatic heterocycles. The summed E-state index contributed by atoms with van der Waals surface area (Å²) in [7, 11) is -1.89. The standard InChI is InChI=1S/C16H18N4O2S/c1-3-4-12-5-8-14(9-6-12)23(21,22)19-13-7-10-15-16(11-13)18-20(2)17-15/h5-11,19H,3-4H2,1-2H3. The van der Waals surface area contributed by atoms with Gasteiger partial charge in [0.2, 0.25) is 0 Å². The fourth-order valence-electron chi connectivity index (χ4n) is 2.42. The molecule has 2 aromatic carbocycles. The predicted molar refractivity (Wildman–Crippen MR) is 89.8 cm³/mol. The molecule has 0 atom stereocenters. The van der Waals surface area contributed by atoms with Crippen molar-refractivity contribution in [3.05, 3.63) is 48.0 Å². The summed E-state index contributed by atoms with van der Waals surface area (Å²) in [4.78, 5) is 1.70. The van der Waals surface area contributed by atoms with Crippen LogP contribution in [0.2, 0.25) is 0 Å². The number of benzene rings is 2. The van der Waals surface area contributed by atoms with Gasteiger partial charge in [0.1, 0.15) is 11.0 Å². The second-order valence-corrected chi connectivity index (χ2v) is 7.07. The maximum Gasteiger partial charge on any atom is 0.261 e. The molecule has 0 saturated carbocycles. The van der Waals surface area contributed by atoms with Crippen LogP contribution in [-0.2, 0) is 23.5 Å². The van der Waals surface area contributed by atoms with E-state index in [1.54, 1.807) is 37.4 Å². The van der Waals surface area contributed by atoms with Crippen LogP contribution in [0.25, 0.3) is 11.0 Å². The molecule has 3 aromatic rings. The third kappa shape index (κ3) is 3.34. The highest BCUT2D eigenvalue weighted by molar-refractivity contribution is 7.92. The number of aryl methyl sites for hydroxylation is 2. The summed E-state index contributed by atoms with van der Waals surface area (Å²) in [5.41, 5.74) is 2.97. The Labute approximate surface area is 135 Å². The first kappa shape index (κ1) is 15.5. The molecule has 1 heterocycles. The van der Waals surface area contributed by atoms with Gasteiger partial charge < -0.3 is 0 Å². The summed E-state index contributed by atoms with van der Waals surface area (Å²) in [6.07, 6.45) is 1.97. The zero-order valence-corrected chi connectivity index (χ0v) is 13.8. The largest absolute Gasteiger partial charge is 0.280 e. The molecule has 23 heavy (non-hydrogen) atoms. The first-order chi connectivity index (χ1) is 11.0. The summed E-state index contributed by atoms with van der Waals surface area (Å²) in [6, 6.07) is 12.1. The Morgan fingerprint density at radius 1 is 1.04 bits per heavy atom. The van der Waals surface area contributed by atoms with Gasteiger partial charge >= 0.3 is 0 Å². The monoisotopic (exact) mass is 330 g/mol. The molecule has 1 aromatic heterocycles. The summed E-state index contributed by atoms with van der Waals surface area (Å²) in [6.45, 7) is 2.09.